The van der Waals surface area contributed by atoms with Gasteiger partial charge in [0.05, 0.1) is 5.41 Å². The van der Waals surface area contributed by atoms with Crippen LogP contribution in [0.2, 0.25) is 0 Å². The lowest BCUT2D eigenvalue weighted by Gasteiger charge is -2.34. The van der Waals surface area contributed by atoms with E-state index >= 15 is 0 Å². The molecule has 4 aromatic heterocycles. The molecule has 0 saturated heterocycles. The van der Waals surface area contributed by atoms with E-state index in [1.165, 1.54) is 157 Å². The zero-order valence-electron chi connectivity index (χ0n) is 75.3. The van der Waals surface area contributed by atoms with Crippen molar-refractivity contribution >= 4 is 163 Å². The molecule has 20 aromatic carbocycles. The van der Waals surface area contributed by atoms with Crippen molar-refractivity contribution in [2.45, 2.75) is 56.3 Å². The molecule has 8 heteroatoms. The fourth-order valence-corrected chi connectivity index (χ4v) is 24.6. The molecule has 0 bridgehead atoms. The lowest BCUT2D eigenvalue weighted by Crippen LogP contribution is -2.28. The van der Waals surface area contributed by atoms with Gasteiger partial charge in [-0.1, -0.05) is 325 Å². The highest BCUT2D eigenvalue weighted by Gasteiger charge is 2.47. The van der Waals surface area contributed by atoms with Gasteiger partial charge in [-0.25, -0.2) is 0 Å². The largest absolute Gasteiger partial charge is 0.456 e. The summed E-state index contributed by atoms with van der Waals surface area (Å²) in [7, 11) is 0. The molecule has 135 heavy (non-hydrogen) atoms. The predicted octanol–water partition coefficient (Wildman–Crippen LogP) is 35.7. The molecule has 28 rings (SSSR count). The summed E-state index contributed by atoms with van der Waals surface area (Å²) in [6, 6.07) is 160. The molecule has 0 saturated carbocycles. The minimum absolute atomic E-state index is 0.0407. The third-order valence-electron chi connectivity index (χ3n) is 28.9. The predicted molar refractivity (Wildman–Crippen MR) is 572 cm³/mol. The number of benzene rings is 20. The minimum atomic E-state index is -0.399. The van der Waals surface area contributed by atoms with Gasteiger partial charge in [0.1, 0.15) is 22.3 Å². The summed E-state index contributed by atoms with van der Waals surface area (Å²) in [6.45, 7) is 11.6. The molecule has 0 fully saturated rings. The Morgan fingerprint density at radius 2 is 0.533 bits per heavy atom. The molecule has 4 aliphatic rings. The Labute approximate surface area is 792 Å². The molecular weight excluding hydrogens is 1680 g/mol. The van der Waals surface area contributed by atoms with Crippen LogP contribution in [0.3, 0.4) is 0 Å². The zero-order chi connectivity index (χ0) is 90.3. The quantitative estimate of drug-likeness (QED) is 0.103. The fourth-order valence-electron chi connectivity index (χ4n) is 22.4. The molecule has 4 aliphatic carbocycles. The van der Waals surface area contributed by atoms with Gasteiger partial charge in [0.15, 0.2) is 0 Å². The van der Waals surface area contributed by atoms with Crippen molar-refractivity contribution in [1.29, 1.82) is 0 Å². The van der Waals surface area contributed by atoms with Crippen molar-refractivity contribution < 1.29 is 8.83 Å². The number of rotatable bonds is 11. The lowest BCUT2D eigenvalue weighted by molar-refractivity contribution is 0.660. The van der Waals surface area contributed by atoms with E-state index in [-0.39, 0.29) is 16.2 Å². The van der Waals surface area contributed by atoms with Crippen LogP contribution in [0.1, 0.15) is 95.8 Å². The van der Waals surface area contributed by atoms with Crippen molar-refractivity contribution in [2.75, 3.05) is 21.3 Å². The van der Waals surface area contributed by atoms with E-state index in [2.05, 4.69) is 468 Å². The van der Waals surface area contributed by atoms with E-state index in [1.54, 1.807) is 0 Å². The second kappa shape index (κ2) is 32.1. The van der Waals surface area contributed by atoms with Crippen LogP contribution < -0.4 is 21.3 Å². The van der Waals surface area contributed by atoms with Crippen molar-refractivity contribution in [3.05, 3.63) is 504 Å². The summed E-state index contributed by atoms with van der Waals surface area (Å²) < 4.78 is 17.4. The van der Waals surface area contributed by atoms with Gasteiger partial charge in [0.25, 0.3) is 0 Å². The standard InChI is InChI=1S/C41H27NS.C32H23NO.C27H21NO.C27H21NS/c1-3-13-29(14-4-1)41(30-15-5-2-6-16-30)37-18-10-9-17-33(37)34-21-19-31(25-38(34)41)42-32-20-22-35-36-23-27-11-7-8-12-28(27)24-39(36)43-40(35)26-32;1-32(21-9-3-2-4-10-21)28-13-7-5-11-24(28)25-17-15-22(19-29(25)32)33-23-16-18-27-26-12-6-8-14-30(26)34-31(27)20-23;2*1-27(2)23-9-5-3-7-19(23)21-15-17(11-13-24(21)27)28-18-12-14-26-22(16-18)20-8-4-6-10-25(20)29-26/h1-26,42H;2-20,33H,1H3;2*3-16,28H,1-2H3. The van der Waals surface area contributed by atoms with E-state index in [9.17, 15) is 0 Å². The fraction of sp³-hybridized carbons (Fsp3) is 0.0709. The van der Waals surface area contributed by atoms with Crippen LogP contribution in [-0.2, 0) is 21.7 Å². The first kappa shape index (κ1) is 80.9. The summed E-state index contributed by atoms with van der Waals surface area (Å²) >= 11 is 3.72. The van der Waals surface area contributed by atoms with Gasteiger partial charge in [-0.05, 0) is 263 Å². The second-order valence-corrected chi connectivity index (χ2v) is 39.6. The smallest absolute Gasteiger partial charge is 0.137 e. The number of thiophene rings is 2. The maximum Gasteiger partial charge on any atom is 0.137 e. The van der Waals surface area contributed by atoms with Gasteiger partial charge in [-0.15, -0.1) is 22.7 Å². The van der Waals surface area contributed by atoms with Gasteiger partial charge < -0.3 is 30.1 Å². The van der Waals surface area contributed by atoms with Gasteiger partial charge in [0.2, 0.25) is 0 Å². The highest BCUT2D eigenvalue weighted by molar-refractivity contribution is 7.26. The normalized spacial score (nSPS) is 14.5. The Kier molecular flexibility index (Phi) is 19.3. The number of fused-ring (bicyclic) bond motifs is 25. The summed E-state index contributed by atoms with van der Waals surface area (Å²) in [5.74, 6) is 0. The van der Waals surface area contributed by atoms with Gasteiger partial charge in [0, 0.05) is 130 Å². The Morgan fingerprint density at radius 1 is 0.185 bits per heavy atom. The lowest BCUT2D eigenvalue weighted by atomic mass is 9.67. The molecule has 1 unspecified atom stereocenters. The molecule has 0 spiro atoms. The summed E-state index contributed by atoms with van der Waals surface area (Å²) in [6.07, 6.45) is 0. The van der Waals surface area contributed by atoms with Crippen LogP contribution in [0.4, 0.5) is 45.5 Å². The average molecular weight is 1770 g/mol. The number of furan rings is 2. The Morgan fingerprint density at radius 3 is 1.15 bits per heavy atom. The molecule has 644 valence electrons. The number of hydrogen-bond acceptors (Lipinski definition) is 8. The summed E-state index contributed by atoms with van der Waals surface area (Å²) in [5, 5.41) is 27.1. The summed E-state index contributed by atoms with van der Waals surface area (Å²) in [4.78, 5) is 0. The van der Waals surface area contributed by atoms with E-state index in [0.717, 1.165) is 89.4 Å². The first-order chi connectivity index (χ1) is 66.2. The van der Waals surface area contributed by atoms with Crippen molar-refractivity contribution in [1.82, 2.24) is 0 Å². The molecule has 0 amide bonds. The van der Waals surface area contributed by atoms with Crippen LogP contribution in [0, 0.1) is 0 Å². The van der Waals surface area contributed by atoms with E-state index in [1.807, 2.05) is 53.0 Å². The Balaban J connectivity index is 0.0000000974. The Hall–Kier alpha value is -16.1. The average Bonchev–Trinajstić information content (AvgIpc) is 1.54. The minimum Gasteiger partial charge on any atom is -0.456 e. The summed E-state index contributed by atoms with van der Waals surface area (Å²) in [5.41, 5.74) is 37.3. The molecule has 0 aliphatic heterocycles. The van der Waals surface area contributed by atoms with Gasteiger partial charge >= 0.3 is 0 Å². The zero-order valence-corrected chi connectivity index (χ0v) is 76.9. The second-order valence-electron chi connectivity index (χ2n) is 37.4. The van der Waals surface area contributed by atoms with Gasteiger partial charge in [-0.3, -0.25) is 0 Å². The highest BCUT2D eigenvalue weighted by Crippen LogP contribution is 2.59. The van der Waals surface area contributed by atoms with E-state index in [0.29, 0.717) is 0 Å². The van der Waals surface area contributed by atoms with E-state index in [4.69, 9.17) is 8.83 Å². The van der Waals surface area contributed by atoms with Crippen molar-refractivity contribution in [2.24, 2.45) is 0 Å². The number of hydrogen-bond donors (Lipinski definition) is 4. The number of anilines is 8. The van der Waals surface area contributed by atoms with Crippen LogP contribution in [0.25, 0.3) is 140 Å². The maximum atomic E-state index is 6.10. The molecule has 0 radical (unpaired) electrons. The van der Waals surface area contributed by atoms with Crippen LogP contribution in [-0.4, -0.2) is 0 Å². The maximum absolute atomic E-state index is 6.10. The van der Waals surface area contributed by atoms with Gasteiger partial charge in [-0.2, -0.15) is 0 Å². The SMILES string of the molecule is CC1(C)c2ccccc2-c2cc(Nc3ccc4oc5ccccc5c4c3)ccc21.CC1(C)c2ccccc2-c2cc(Nc3ccc4sc5ccccc5c4c3)ccc21.CC1(c2ccccc2)c2ccccc2-c2ccc(Nc3ccc4c(c3)oc3ccccc34)cc21.c1ccc(C2(c3ccccc3)c3ccccc3-c3ccc(Nc4ccc5c(c4)sc4cc6ccccc6cc45)cc32)cc1. The molecule has 1 atom stereocenters. The Bertz CT molecular complexity index is 8600. The molecule has 24 aromatic rings. The molecular formula is C127H92N4O2S2. The monoisotopic (exact) mass is 1770 g/mol. The number of para-hydroxylation sites is 2. The number of nitrogens with one attached hydrogen (secondary N) is 4. The van der Waals surface area contributed by atoms with Crippen LogP contribution in [0.15, 0.2) is 452 Å². The first-order valence-electron chi connectivity index (χ1n) is 46.5. The highest BCUT2D eigenvalue weighted by atomic mass is 32.1. The van der Waals surface area contributed by atoms with Crippen LogP contribution in [0.5, 0.6) is 0 Å². The third kappa shape index (κ3) is 13.5. The molecule has 4 N–H and O–H groups in total. The topological polar surface area (TPSA) is 74.4 Å². The van der Waals surface area contributed by atoms with Crippen molar-refractivity contribution in [3.63, 3.8) is 0 Å². The molecule has 4 heterocycles. The third-order valence-corrected chi connectivity index (χ3v) is 31.2. The molecule has 6 nitrogen and oxygen atoms in total. The van der Waals surface area contributed by atoms with Crippen LogP contribution >= 0.6 is 22.7 Å². The van der Waals surface area contributed by atoms with Crippen molar-refractivity contribution in [3.8, 4) is 44.5 Å². The first-order valence-corrected chi connectivity index (χ1v) is 48.2. The van der Waals surface area contributed by atoms with E-state index < -0.39 is 5.41 Å².